The summed E-state index contributed by atoms with van der Waals surface area (Å²) in [6, 6.07) is 12.7. The molecule has 0 atom stereocenters. The Labute approximate surface area is 174 Å². The number of para-hydroxylation sites is 1. The first-order valence-corrected chi connectivity index (χ1v) is 9.90. The van der Waals surface area contributed by atoms with Crippen LogP contribution < -0.4 is 10.3 Å². The Morgan fingerprint density at radius 1 is 1.24 bits per heavy atom. The molecule has 0 aliphatic carbocycles. The van der Waals surface area contributed by atoms with Crippen molar-refractivity contribution in [2.24, 2.45) is 0 Å². The Kier molecular flexibility index (Phi) is 6.88. The van der Waals surface area contributed by atoms with Crippen molar-refractivity contribution in [3.05, 3.63) is 69.7 Å². The van der Waals surface area contributed by atoms with Gasteiger partial charge in [-0.3, -0.25) is 14.2 Å². The number of carbonyl (C=O) groups excluding carboxylic acids is 1. The summed E-state index contributed by atoms with van der Waals surface area (Å²) in [5, 5.41) is 1.22. The number of nitrogens with zero attached hydrogens (tertiary/aromatic N) is 3. The second-order valence-corrected chi connectivity index (χ2v) is 7.38. The Morgan fingerprint density at radius 2 is 2.03 bits per heavy atom. The van der Waals surface area contributed by atoms with Crippen molar-refractivity contribution < 1.29 is 9.53 Å². The van der Waals surface area contributed by atoms with Gasteiger partial charge in [-0.25, -0.2) is 4.98 Å². The van der Waals surface area contributed by atoms with E-state index in [1.165, 1.54) is 0 Å². The first-order chi connectivity index (χ1) is 14.0. The number of aryl methyl sites for hydroxylation is 2. The van der Waals surface area contributed by atoms with Crippen LogP contribution in [0.3, 0.4) is 0 Å². The number of rotatable bonds is 8. The van der Waals surface area contributed by atoms with Gasteiger partial charge in [0.25, 0.3) is 5.56 Å². The molecule has 0 fully saturated rings. The second kappa shape index (κ2) is 9.56. The van der Waals surface area contributed by atoms with E-state index in [1.54, 1.807) is 41.0 Å². The fourth-order valence-corrected chi connectivity index (χ4v) is 3.25. The fraction of sp³-hybridized carbons (Fsp3) is 0.318. The number of hydrogen-bond donors (Lipinski definition) is 0. The van der Waals surface area contributed by atoms with E-state index in [4.69, 9.17) is 16.3 Å². The molecule has 1 heterocycles. The first-order valence-electron chi connectivity index (χ1n) is 9.53. The molecule has 0 aliphatic heterocycles. The molecule has 3 rings (SSSR count). The molecule has 0 radical (unpaired) electrons. The van der Waals surface area contributed by atoms with Crippen molar-refractivity contribution in [3.8, 4) is 5.75 Å². The summed E-state index contributed by atoms with van der Waals surface area (Å²) in [7, 11) is 1.75. The van der Waals surface area contributed by atoms with Gasteiger partial charge in [0.15, 0.2) is 0 Å². The molecule has 1 aromatic heterocycles. The molecule has 0 aliphatic rings. The smallest absolute Gasteiger partial charge is 0.261 e. The maximum Gasteiger partial charge on any atom is 0.261 e. The lowest BCUT2D eigenvalue weighted by Gasteiger charge is -2.17. The molecule has 0 saturated carbocycles. The van der Waals surface area contributed by atoms with Crippen molar-refractivity contribution in [2.45, 2.75) is 26.3 Å². The molecule has 29 heavy (non-hydrogen) atoms. The predicted molar refractivity (Wildman–Crippen MR) is 115 cm³/mol. The molecule has 1 amide bonds. The Hall–Kier alpha value is -2.86. The van der Waals surface area contributed by atoms with E-state index in [9.17, 15) is 9.59 Å². The van der Waals surface area contributed by atoms with Gasteiger partial charge in [0, 0.05) is 25.0 Å². The topological polar surface area (TPSA) is 64.4 Å². The van der Waals surface area contributed by atoms with Crippen molar-refractivity contribution in [3.63, 3.8) is 0 Å². The average molecular weight is 414 g/mol. The molecule has 3 aromatic rings. The van der Waals surface area contributed by atoms with Crippen molar-refractivity contribution >= 4 is 28.4 Å². The number of likely N-dealkylation sites (N-methyl/N-ethyl adjacent to an activating group) is 1. The van der Waals surface area contributed by atoms with Crippen LogP contribution in [0, 0.1) is 6.92 Å². The van der Waals surface area contributed by atoms with Crippen LogP contribution in [0.25, 0.3) is 10.9 Å². The third kappa shape index (κ3) is 5.35. The van der Waals surface area contributed by atoms with E-state index in [1.807, 2.05) is 31.2 Å². The first kappa shape index (κ1) is 20.9. The molecule has 6 nitrogen and oxygen atoms in total. The van der Waals surface area contributed by atoms with Gasteiger partial charge in [-0.2, -0.15) is 0 Å². The highest BCUT2D eigenvalue weighted by Gasteiger charge is 2.10. The Bertz CT molecular complexity index is 1060. The lowest BCUT2D eigenvalue weighted by Crippen LogP contribution is -2.31. The van der Waals surface area contributed by atoms with Crippen molar-refractivity contribution in [2.75, 3.05) is 20.2 Å². The summed E-state index contributed by atoms with van der Waals surface area (Å²) in [6.07, 6.45) is 2.48. The number of aromatic nitrogens is 2. The van der Waals surface area contributed by atoms with Gasteiger partial charge in [-0.1, -0.05) is 29.8 Å². The minimum Gasteiger partial charge on any atom is -0.492 e. The lowest BCUT2D eigenvalue weighted by molar-refractivity contribution is -0.130. The Balaban J connectivity index is 1.47. The molecule has 0 unspecified atom stereocenters. The zero-order chi connectivity index (χ0) is 20.8. The maximum absolute atomic E-state index is 12.6. The summed E-state index contributed by atoms with van der Waals surface area (Å²) in [6.45, 7) is 3.25. The van der Waals surface area contributed by atoms with E-state index in [0.29, 0.717) is 48.7 Å². The van der Waals surface area contributed by atoms with E-state index < -0.39 is 0 Å². The summed E-state index contributed by atoms with van der Waals surface area (Å²) in [5.74, 6) is 0.689. The number of carbonyl (C=O) groups is 1. The van der Waals surface area contributed by atoms with Crippen LogP contribution >= 0.6 is 11.6 Å². The highest BCUT2D eigenvalue weighted by atomic mass is 35.5. The number of halogens is 1. The summed E-state index contributed by atoms with van der Waals surface area (Å²) in [4.78, 5) is 30.9. The van der Waals surface area contributed by atoms with E-state index in [2.05, 4.69) is 4.98 Å². The molecule has 152 valence electrons. The zero-order valence-electron chi connectivity index (χ0n) is 16.6. The van der Waals surface area contributed by atoms with Crippen LogP contribution in [0.5, 0.6) is 5.75 Å². The van der Waals surface area contributed by atoms with Crippen molar-refractivity contribution in [1.29, 1.82) is 0 Å². The van der Waals surface area contributed by atoms with Crippen LogP contribution in [0.1, 0.15) is 18.4 Å². The monoisotopic (exact) mass is 413 g/mol. The van der Waals surface area contributed by atoms with E-state index in [-0.39, 0.29) is 11.5 Å². The standard InChI is InChI=1S/C22H24ClN3O3/c1-16-6-3-9-19-21(16)24-15-26(22(19)28)11-5-10-20(27)25(2)12-13-29-18-8-4-7-17(23)14-18/h3-4,6-9,14-15H,5,10-13H2,1-2H3. The van der Waals surface area contributed by atoms with Gasteiger partial charge >= 0.3 is 0 Å². The normalized spacial score (nSPS) is 10.9. The van der Waals surface area contributed by atoms with Crippen LogP contribution in [-0.2, 0) is 11.3 Å². The minimum atomic E-state index is -0.0746. The van der Waals surface area contributed by atoms with Crippen molar-refractivity contribution in [1.82, 2.24) is 14.5 Å². The van der Waals surface area contributed by atoms with Gasteiger partial charge in [0.05, 0.1) is 23.8 Å². The summed E-state index contributed by atoms with van der Waals surface area (Å²) in [5.41, 5.74) is 1.63. The predicted octanol–water partition coefficient (Wildman–Crippen LogP) is 3.68. The third-order valence-corrected chi connectivity index (χ3v) is 5.00. The second-order valence-electron chi connectivity index (χ2n) is 6.94. The molecule has 0 N–H and O–H groups in total. The zero-order valence-corrected chi connectivity index (χ0v) is 17.4. The SMILES string of the molecule is Cc1cccc2c(=O)n(CCCC(=O)N(C)CCOc3cccc(Cl)c3)cnc12. The molecule has 7 heteroatoms. The molecular formula is C22H24ClN3O3. The van der Waals surface area contributed by atoms with Crippen LogP contribution in [0.4, 0.5) is 0 Å². The summed E-state index contributed by atoms with van der Waals surface area (Å²) >= 11 is 5.92. The summed E-state index contributed by atoms with van der Waals surface area (Å²) < 4.78 is 7.18. The molecule has 0 spiro atoms. The molecule has 0 saturated heterocycles. The van der Waals surface area contributed by atoms with Gasteiger partial charge in [-0.15, -0.1) is 0 Å². The van der Waals surface area contributed by atoms with Gasteiger partial charge in [0.1, 0.15) is 12.4 Å². The van der Waals surface area contributed by atoms with Crippen LogP contribution in [0.2, 0.25) is 5.02 Å². The number of hydrogen-bond acceptors (Lipinski definition) is 4. The molecular weight excluding hydrogens is 390 g/mol. The van der Waals surface area contributed by atoms with Crippen LogP contribution in [-0.4, -0.2) is 40.6 Å². The van der Waals surface area contributed by atoms with Gasteiger partial charge in [0.2, 0.25) is 5.91 Å². The maximum atomic E-state index is 12.6. The third-order valence-electron chi connectivity index (χ3n) is 4.76. The van der Waals surface area contributed by atoms with E-state index in [0.717, 1.165) is 11.1 Å². The van der Waals surface area contributed by atoms with Gasteiger partial charge in [-0.05, 0) is 43.2 Å². The highest BCUT2D eigenvalue weighted by molar-refractivity contribution is 6.30. The number of ether oxygens (including phenoxy) is 1. The average Bonchev–Trinajstić information content (AvgIpc) is 2.70. The molecule has 0 bridgehead atoms. The van der Waals surface area contributed by atoms with Gasteiger partial charge < -0.3 is 9.64 Å². The Morgan fingerprint density at radius 3 is 2.83 bits per heavy atom. The minimum absolute atomic E-state index is 0.0114. The number of amides is 1. The number of benzene rings is 2. The fourth-order valence-electron chi connectivity index (χ4n) is 3.07. The highest BCUT2D eigenvalue weighted by Crippen LogP contribution is 2.17. The largest absolute Gasteiger partial charge is 0.492 e. The number of fused-ring (bicyclic) bond motifs is 1. The molecule has 2 aromatic carbocycles. The van der Waals surface area contributed by atoms with E-state index >= 15 is 0 Å². The lowest BCUT2D eigenvalue weighted by atomic mass is 10.1. The van der Waals surface area contributed by atoms with Crippen LogP contribution in [0.15, 0.2) is 53.6 Å². The quantitative estimate of drug-likeness (QED) is 0.565.